The maximum absolute atomic E-state index is 8.99. The highest BCUT2D eigenvalue weighted by Gasteiger charge is 2.27. The summed E-state index contributed by atoms with van der Waals surface area (Å²) in [4.78, 5) is 4.50. The van der Waals surface area contributed by atoms with E-state index in [1.165, 1.54) is 24.4 Å². The lowest BCUT2D eigenvalue weighted by atomic mass is 10.0. The Labute approximate surface area is 107 Å². The van der Waals surface area contributed by atoms with Crippen LogP contribution in [0.1, 0.15) is 50.8 Å². The Kier molecular flexibility index (Phi) is 4.74. The van der Waals surface area contributed by atoms with Crippen molar-refractivity contribution in [3.05, 3.63) is 5.82 Å². The fourth-order valence-corrected chi connectivity index (χ4v) is 2.64. The van der Waals surface area contributed by atoms with Gasteiger partial charge in [0, 0.05) is 30.6 Å². The van der Waals surface area contributed by atoms with Crippen molar-refractivity contribution in [1.29, 1.82) is 0 Å². The van der Waals surface area contributed by atoms with E-state index in [4.69, 9.17) is 5.11 Å². The first-order valence-electron chi connectivity index (χ1n) is 6.51. The summed E-state index contributed by atoms with van der Waals surface area (Å²) in [6.07, 6.45) is 5.69. The Balaban J connectivity index is 1.78. The normalized spacial score (nSPS) is 17.1. The van der Waals surface area contributed by atoms with Crippen LogP contribution < -0.4 is 5.32 Å². The Hall–Kier alpha value is -0.680. The van der Waals surface area contributed by atoms with E-state index in [-0.39, 0.29) is 6.61 Å². The molecule has 2 N–H and O–H groups in total. The first-order chi connectivity index (χ1) is 8.33. The van der Waals surface area contributed by atoms with E-state index in [1.807, 2.05) is 0 Å². The number of aromatic nitrogens is 2. The van der Waals surface area contributed by atoms with Gasteiger partial charge in [-0.25, -0.2) is 4.98 Å². The van der Waals surface area contributed by atoms with Gasteiger partial charge in [-0.15, -0.1) is 0 Å². The summed E-state index contributed by atoms with van der Waals surface area (Å²) < 4.78 is 4.37. The molecule has 1 atom stereocenters. The molecule has 1 aliphatic carbocycles. The molecule has 0 radical (unpaired) electrons. The van der Waals surface area contributed by atoms with Crippen molar-refractivity contribution in [1.82, 2.24) is 9.36 Å². The minimum Gasteiger partial charge on any atom is -0.396 e. The predicted octanol–water partition coefficient (Wildman–Crippen LogP) is 2.63. The summed E-state index contributed by atoms with van der Waals surface area (Å²) in [7, 11) is 0. The zero-order chi connectivity index (χ0) is 12.1. The second kappa shape index (κ2) is 6.31. The number of aliphatic hydroxyl groups excluding tert-OH is 1. The zero-order valence-corrected chi connectivity index (χ0v) is 11.2. The van der Waals surface area contributed by atoms with Crippen LogP contribution in [-0.4, -0.2) is 27.6 Å². The van der Waals surface area contributed by atoms with Crippen LogP contribution in [0.15, 0.2) is 0 Å². The summed E-state index contributed by atoms with van der Waals surface area (Å²) in [5, 5.41) is 13.3. The quantitative estimate of drug-likeness (QED) is 0.749. The number of hydrogen-bond acceptors (Lipinski definition) is 5. The van der Waals surface area contributed by atoms with Gasteiger partial charge in [-0.2, -0.15) is 4.37 Å². The molecule has 1 heterocycles. The Morgan fingerprint density at radius 2 is 2.29 bits per heavy atom. The minimum absolute atomic E-state index is 0.274. The summed E-state index contributed by atoms with van der Waals surface area (Å²) in [6, 6.07) is 0. The monoisotopic (exact) mass is 255 g/mol. The van der Waals surface area contributed by atoms with Crippen LogP contribution in [0, 0.1) is 5.92 Å². The van der Waals surface area contributed by atoms with Crippen molar-refractivity contribution in [3.63, 3.8) is 0 Å². The van der Waals surface area contributed by atoms with E-state index in [9.17, 15) is 0 Å². The van der Waals surface area contributed by atoms with Crippen molar-refractivity contribution in [3.8, 4) is 0 Å². The Morgan fingerprint density at radius 1 is 1.47 bits per heavy atom. The summed E-state index contributed by atoms with van der Waals surface area (Å²) in [5.74, 6) is 2.19. The van der Waals surface area contributed by atoms with Crippen LogP contribution in [0.5, 0.6) is 0 Å². The molecule has 1 fully saturated rings. The molecule has 0 saturated heterocycles. The molecule has 1 unspecified atom stereocenters. The van der Waals surface area contributed by atoms with Crippen molar-refractivity contribution >= 4 is 16.7 Å². The van der Waals surface area contributed by atoms with Crippen LogP contribution in [0.25, 0.3) is 0 Å². The smallest absolute Gasteiger partial charge is 0.202 e. The highest BCUT2D eigenvalue weighted by atomic mass is 32.1. The number of nitrogens with one attached hydrogen (secondary N) is 1. The number of nitrogens with zero attached hydrogens (tertiary/aromatic N) is 2. The molecule has 0 bridgehead atoms. The largest absolute Gasteiger partial charge is 0.396 e. The van der Waals surface area contributed by atoms with Crippen molar-refractivity contribution in [2.45, 2.75) is 44.9 Å². The molecule has 96 valence electrons. The van der Waals surface area contributed by atoms with Crippen LogP contribution in [0.3, 0.4) is 0 Å². The fourth-order valence-electron chi connectivity index (χ4n) is 1.98. The average molecular weight is 255 g/mol. The fraction of sp³-hybridized carbons (Fsp3) is 0.833. The molecule has 2 rings (SSSR count). The topological polar surface area (TPSA) is 58.0 Å². The van der Waals surface area contributed by atoms with Gasteiger partial charge >= 0.3 is 0 Å². The van der Waals surface area contributed by atoms with Crippen LogP contribution in [-0.2, 0) is 0 Å². The first-order valence-corrected chi connectivity index (χ1v) is 7.29. The van der Waals surface area contributed by atoms with E-state index in [0.717, 1.165) is 36.8 Å². The maximum Gasteiger partial charge on any atom is 0.202 e. The standard InChI is InChI=1S/C12H21N3OS/c1-2-3-9(6-7-16)8-13-12-14-11(15-17-12)10-4-5-10/h9-10,16H,2-8H2,1H3,(H,13,14,15). The molecule has 0 aliphatic heterocycles. The van der Waals surface area contributed by atoms with E-state index in [0.29, 0.717) is 11.8 Å². The summed E-state index contributed by atoms with van der Waals surface area (Å²) in [6.45, 7) is 3.35. The lowest BCUT2D eigenvalue weighted by Gasteiger charge is -2.14. The van der Waals surface area contributed by atoms with Gasteiger partial charge in [0.2, 0.25) is 5.13 Å². The molecule has 1 aromatic rings. The number of anilines is 1. The molecule has 5 heteroatoms. The third kappa shape index (κ3) is 3.92. The van der Waals surface area contributed by atoms with Gasteiger partial charge in [-0.1, -0.05) is 13.3 Å². The van der Waals surface area contributed by atoms with Crippen LogP contribution >= 0.6 is 11.5 Å². The van der Waals surface area contributed by atoms with Gasteiger partial charge in [0.25, 0.3) is 0 Å². The Bertz CT molecular complexity index is 332. The molecule has 1 aliphatic rings. The van der Waals surface area contributed by atoms with Gasteiger partial charge in [0.05, 0.1) is 0 Å². The van der Waals surface area contributed by atoms with Gasteiger partial charge in [-0.05, 0) is 31.6 Å². The molecule has 1 saturated carbocycles. The highest BCUT2D eigenvalue weighted by Crippen LogP contribution is 2.39. The molecular weight excluding hydrogens is 234 g/mol. The molecule has 0 aromatic carbocycles. The van der Waals surface area contributed by atoms with Crippen molar-refractivity contribution < 1.29 is 5.11 Å². The average Bonchev–Trinajstić information content (AvgIpc) is 3.07. The minimum atomic E-state index is 0.274. The molecule has 0 amide bonds. The van der Waals surface area contributed by atoms with Gasteiger partial charge < -0.3 is 10.4 Å². The number of hydrogen-bond donors (Lipinski definition) is 2. The lowest BCUT2D eigenvalue weighted by molar-refractivity contribution is 0.255. The molecule has 0 spiro atoms. The lowest BCUT2D eigenvalue weighted by Crippen LogP contribution is -2.15. The summed E-state index contributed by atoms with van der Waals surface area (Å²) in [5.41, 5.74) is 0. The highest BCUT2D eigenvalue weighted by molar-refractivity contribution is 7.09. The Morgan fingerprint density at radius 3 is 2.94 bits per heavy atom. The SMILES string of the molecule is CCCC(CCO)CNc1nc(C2CC2)ns1. The van der Waals surface area contributed by atoms with Crippen LogP contribution in [0.2, 0.25) is 0 Å². The second-order valence-electron chi connectivity index (χ2n) is 4.78. The van der Waals surface area contributed by atoms with E-state index >= 15 is 0 Å². The predicted molar refractivity (Wildman–Crippen MR) is 70.5 cm³/mol. The third-order valence-electron chi connectivity index (χ3n) is 3.16. The van der Waals surface area contributed by atoms with Gasteiger partial charge in [0.15, 0.2) is 0 Å². The number of rotatable bonds is 8. The first kappa shape index (κ1) is 12.8. The molecular formula is C12H21N3OS. The molecule has 4 nitrogen and oxygen atoms in total. The van der Waals surface area contributed by atoms with E-state index in [2.05, 4.69) is 21.6 Å². The molecule has 1 aromatic heterocycles. The zero-order valence-electron chi connectivity index (χ0n) is 10.4. The second-order valence-corrected chi connectivity index (χ2v) is 5.53. The van der Waals surface area contributed by atoms with Crippen LogP contribution in [0.4, 0.5) is 5.13 Å². The molecule has 17 heavy (non-hydrogen) atoms. The number of aliphatic hydroxyl groups is 1. The van der Waals surface area contributed by atoms with E-state index in [1.54, 1.807) is 0 Å². The van der Waals surface area contributed by atoms with E-state index < -0.39 is 0 Å². The maximum atomic E-state index is 8.99. The van der Waals surface area contributed by atoms with Crippen molar-refractivity contribution in [2.75, 3.05) is 18.5 Å². The van der Waals surface area contributed by atoms with Gasteiger partial charge in [0.1, 0.15) is 5.82 Å². The van der Waals surface area contributed by atoms with Crippen molar-refractivity contribution in [2.24, 2.45) is 5.92 Å². The van der Waals surface area contributed by atoms with Gasteiger partial charge in [-0.3, -0.25) is 0 Å². The third-order valence-corrected chi connectivity index (χ3v) is 3.85. The summed E-state index contributed by atoms with van der Waals surface area (Å²) >= 11 is 1.46.